The summed E-state index contributed by atoms with van der Waals surface area (Å²) in [7, 11) is -3.50. The van der Waals surface area contributed by atoms with Crippen LogP contribution in [0.25, 0.3) is 0 Å². The fourth-order valence-electron chi connectivity index (χ4n) is 2.40. The minimum Gasteiger partial charge on any atom is -0.207 e. The van der Waals surface area contributed by atoms with Crippen molar-refractivity contribution in [2.45, 2.75) is 31.6 Å². The van der Waals surface area contributed by atoms with Crippen LogP contribution in [0.1, 0.15) is 26.7 Å². The van der Waals surface area contributed by atoms with Gasteiger partial charge in [-0.3, -0.25) is 0 Å². The molecule has 0 bridgehead atoms. The third-order valence-corrected chi connectivity index (χ3v) is 6.20. The summed E-state index contributed by atoms with van der Waals surface area (Å²) < 4.78 is 27.6. The number of piperidine rings is 1. The van der Waals surface area contributed by atoms with Crippen LogP contribution in [-0.4, -0.2) is 25.8 Å². The molecule has 0 amide bonds. The molecular formula is C13H17BrClNO2S. The quantitative estimate of drug-likeness (QED) is 0.795. The highest BCUT2D eigenvalue weighted by atomic mass is 79.9. The van der Waals surface area contributed by atoms with Crippen LogP contribution < -0.4 is 0 Å². The van der Waals surface area contributed by atoms with Crippen molar-refractivity contribution in [1.82, 2.24) is 4.31 Å². The van der Waals surface area contributed by atoms with Crippen LogP contribution in [0.2, 0.25) is 5.02 Å². The van der Waals surface area contributed by atoms with Crippen LogP contribution >= 0.6 is 27.5 Å². The lowest BCUT2D eigenvalue weighted by atomic mass is 9.85. The SMILES string of the molecule is CC1(C)CCCN(S(=O)(=O)c2ccc(Br)cc2Cl)C1. The highest BCUT2D eigenvalue weighted by Gasteiger charge is 2.34. The second-order valence-electron chi connectivity index (χ2n) is 5.68. The van der Waals surface area contributed by atoms with Crippen molar-refractivity contribution in [3.05, 3.63) is 27.7 Å². The van der Waals surface area contributed by atoms with Gasteiger partial charge in [0.1, 0.15) is 4.90 Å². The number of benzene rings is 1. The van der Waals surface area contributed by atoms with Crippen molar-refractivity contribution in [2.24, 2.45) is 5.41 Å². The molecule has 1 aliphatic heterocycles. The first-order valence-corrected chi connectivity index (χ1v) is 8.79. The maximum absolute atomic E-state index is 12.6. The average molecular weight is 367 g/mol. The van der Waals surface area contributed by atoms with Crippen molar-refractivity contribution in [2.75, 3.05) is 13.1 Å². The molecule has 1 aromatic rings. The summed E-state index contributed by atoms with van der Waals surface area (Å²) >= 11 is 9.35. The summed E-state index contributed by atoms with van der Waals surface area (Å²) in [6.45, 7) is 5.30. The van der Waals surface area contributed by atoms with E-state index in [1.165, 1.54) is 0 Å². The Morgan fingerprint density at radius 1 is 1.37 bits per heavy atom. The van der Waals surface area contributed by atoms with Crippen molar-refractivity contribution in [3.8, 4) is 0 Å². The molecule has 6 heteroatoms. The van der Waals surface area contributed by atoms with Gasteiger partial charge in [-0.15, -0.1) is 0 Å². The lowest BCUT2D eigenvalue weighted by Gasteiger charge is -2.37. The van der Waals surface area contributed by atoms with Crippen LogP contribution in [0.4, 0.5) is 0 Å². The van der Waals surface area contributed by atoms with E-state index in [1.54, 1.807) is 22.5 Å². The number of halogens is 2. The maximum atomic E-state index is 12.6. The molecule has 0 radical (unpaired) electrons. The molecule has 1 aromatic carbocycles. The number of rotatable bonds is 2. The van der Waals surface area contributed by atoms with E-state index in [2.05, 4.69) is 29.8 Å². The van der Waals surface area contributed by atoms with Gasteiger partial charge in [-0.05, 0) is 36.5 Å². The van der Waals surface area contributed by atoms with Crippen molar-refractivity contribution in [1.29, 1.82) is 0 Å². The lowest BCUT2D eigenvalue weighted by molar-refractivity contribution is 0.187. The highest BCUT2D eigenvalue weighted by Crippen LogP contribution is 2.34. The molecule has 2 rings (SSSR count). The molecule has 19 heavy (non-hydrogen) atoms. The topological polar surface area (TPSA) is 37.4 Å². The second-order valence-corrected chi connectivity index (χ2v) is 8.91. The molecule has 1 heterocycles. The van der Waals surface area contributed by atoms with E-state index in [0.717, 1.165) is 17.3 Å². The van der Waals surface area contributed by atoms with Gasteiger partial charge in [0.05, 0.1) is 5.02 Å². The van der Waals surface area contributed by atoms with E-state index in [9.17, 15) is 8.42 Å². The molecule has 0 N–H and O–H groups in total. The van der Waals surface area contributed by atoms with Crippen LogP contribution in [-0.2, 0) is 10.0 Å². The van der Waals surface area contributed by atoms with Gasteiger partial charge in [0.15, 0.2) is 0 Å². The Morgan fingerprint density at radius 2 is 2.05 bits per heavy atom. The van der Waals surface area contributed by atoms with Crippen LogP contribution in [0, 0.1) is 5.41 Å². The average Bonchev–Trinajstić information content (AvgIpc) is 2.27. The predicted octanol–water partition coefficient (Wildman–Crippen LogP) is 3.91. The Balaban J connectivity index is 2.37. The van der Waals surface area contributed by atoms with Crippen LogP contribution in [0.3, 0.4) is 0 Å². The van der Waals surface area contributed by atoms with Gasteiger partial charge in [0.2, 0.25) is 10.0 Å². The smallest absolute Gasteiger partial charge is 0.207 e. The third-order valence-electron chi connectivity index (χ3n) is 3.38. The molecule has 0 spiro atoms. The predicted molar refractivity (Wildman–Crippen MR) is 80.9 cm³/mol. The summed E-state index contributed by atoms with van der Waals surface area (Å²) in [5.41, 5.74) is 0.0210. The summed E-state index contributed by atoms with van der Waals surface area (Å²) in [6, 6.07) is 4.88. The lowest BCUT2D eigenvalue weighted by Crippen LogP contribution is -2.43. The molecule has 0 atom stereocenters. The Kier molecular flexibility index (Phi) is 4.31. The van der Waals surface area contributed by atoms with Crippen molar-refractivity contribution >= 4 is 37.6 Å². The van der Waals surface area contributed by atoms with E-state index in [1.807, 2.05) is 0 Å². The molecule has 1 fully saturated rings. The Labute approximate surface area is 128 Å². The number of hydrogen-bond acceptors (Lipinski definition) is 2. The maximum Gasteiger partial charge on any atom is 0.244 e. The summed E-state index contributed by atoms with van der Waals surface area (Å²) in [5, 5.41) is 0.262. The molecule has 1 aliphatic rings. The van der Waals surface area contributed by atoms with Gasteiger partial charge in [0.25, 0.3) is 0 Å². The summed E-state index contributed by atoms with van der Waals surface area (Å²) in [6.07, 6.45) is 1.94. The fourth-order valence-corrected chi connectivity index (χ4v) is 5.08. The van der Waals surface area contributed by atoms with Crippen molar-refractivity contribution < 1.29 is 8.42 Å². The number of nitrogens with zero attached hydrogens (tertiary/aromatic N) is 1. The van der Waals surface area contributed by atoms with E-state index in [0.29, 0.717) is 13.1 Å². The zero-order chi connectivity index (χ0) is 14.3. The first-order valence-electron chi connectivity index (χ1n) is 6.18. The standard InChI is InChI=1S/C13H17BrClNO2S/c1-13(2)6-3-7-16(9-13)19(17,18)12-5-4-10(14)8-11(12)15/h4-5,8H,3,6-7,9H2,1-2H3. The van der Waals surface area contributed by atoms with Gasteiger partial charge < -0.3 is 0 Å². The van der Waals surface area contributed by atoms with E-state index >= 15 is 0 Å². The van der Waals surface area contributed by atoms with E-state index in [4.69, 9.17) is 11.6 Å². The summed E-state index contributed by atoms with van der Waals surface area (Å²) in [4.78, 5) is 0.190. The van der Waals surface area contributed by atoms with Gasteiger partial charge >= 0.3 is 0 Å². The zero-order valence-corrected chi connectivity index (χ0v) is 14.1. The Morgan fingerprint density at radius 3 is 2.63 bits per heavy atom. The molecule has 0 unspecified atom stereocenters. The molecule has 0 aliphatic carbocycles. The van der Waals surface area contributed by atoms with Gasteiger partial charge in [-0.1, -0.05) is 41.4 Å². The second kappa shape index (κ2) is 5.35. The minimum absolute atomic E-state index is 0.0210. The van der Waals surface area contributed by atoms with E-state index in [-0.39, 0.29) is 15.3 Å². The first kappa shape index (κ1) is 15.3. The molecule has 106 valence electrons. The molecule has 0 saturated carbocycles. The van der Waals surface area contributed by atoms with Gasteiger partial charge in [0, 0.05) is 17.6 Å². The normalized spacial score (nSPS) is 20.4. The molecule has 3 nitrogen and oxygen atoms in total. The summed E-state index contributed by atoms with van der Waals surface area (Å²) in [5.74, 6) is 0. The van der Waals surface area contributed by atoms with Crippen LogP contribution in [0.5, 0.6) is 0 Å². The molecular weight excluding hydrogens is 350 g/mol. The molecule has 1 saturated heterocycles. The van der Waals surface area contributed by atoms with Gasteiger partial charge in [-0.2, -0.15) is 4.31 Å². The third kappa shape index (κ3) is 3.32. The largest absolute Gasteiger partial charge is 0.244 e. The minimum atomic E-state index is -3.50. The van der Waals surface area contributed by atoms with Crippen molar-refractivity contribution in [3.63, 3.8) is 0 Å². The molecule has 0 aromatic heterocycles. The zero-order valence-electron chi connectivity index (χ0n) is 11.0. The Bertz CT molecular complexity index is 586. The Hall–Kier alpha value is -0.100. The first-order chi connectivity index (χ1) is 8.72. The highest BCUT2D eigenvalue weighted by molar-refractivity contribution is 9.10. The number of hydrogen-bond donors (Lipinski definition) is 0. The van der Waals surface area contributed by atoms with E-state index < -0.39 is 10.0 Å². The fraction of sp³-hybridized carbons (Fsp3) is 0.538. The van der Waals surface area contributed by atoms with Gasteiger partial charge in [-0.25, -0.2) is 8.42 Å². The van der Waals surface area contributed by atoms with Crippen LogP contribution in [0.15, 0.2) is 27.6 Å². The monoisotopic (exact) mass is 365 g/mol. The number of sulfonamides is 1.